The number of hydrogen-bond donors (Lipinski definition) is 1. The molecule has 2 aromatic rings. The molecule has 0 aromatic heterocycles. The van der Waals surface area contributed by atoms with Crippen LogP contribution in [0.25, 0.3) is 0 Å². The van der Waals surface area contributed by atoms with E-state index in [1.165, 1.54) is 0 Å². The van der Waals surface area contributed by atoms with Crippen molar-refractivity contribution in [3.63, 3.8) is 0 Å². The molecule has 2 aliphatic heterocycles. The van der Waals surface area contributed by atoms with E-state index in [4.69, 9.17) is 4.74 Å². The van der Waals surface area contributed by atoms with Gasteiger partial charge in [-0.05, 0) is 76.7 Å². The normalized spacial score (nSPS) is 15.5. The van der Waals surface area contributed by atoms with Crippen LogP contribution in [0.3, 0.4) is 0 Å². The van der Waals surface area contributed by atoms with Gasteiger partial charge in [0.05, 0.1) is 18.4 Å². The van der Waals surface area contributed by atoms with Gasteiger partial charge < -0.3 is 15.0 Å². The van der Waals surface area contributed by atoms with Crippen LogP contribution in [0.5, 0.6) is 5.75 Å². The molecule has 0 spiro atoms. The number of anilines is 2. The van der Waals surface area contributed by atoms with Gasteiger partial charge in [-0.25, -0.2) is 0 Å². The molecule has 0 atom stereocenters. The summed E-state index contributed by atoms with van der Waals surface area (Å²) in [4.78, 5) is 26.8. The largest absolute Gasteiger partial charge is 0.497 e. The maximum absolute atomic E-state index is 12.7. The highest BCUT2D eigenvalue weighted by Gasteiger charge is 2.29. The fraction of sp³-hybridized carbons (Fsp3) is 0.300. The Kier molecular flexibility index (Phi) is 4.44. The van der Waals surface area contributed by atoms with Crippen molar-refractivity contribution < 1.29 is 14.3 Å². The molecular weight excluding hydrogens is 396 g/mol. The molecule has 2 amide bonds. The fourth-order valence-electron chi connectivity index (χ4n) is 3.73. The average Bonchev–Trinajstić information content (AvgIpc) is 2.65. The first-order chi connectivity index (χ1) is 12.6. The van der Waals surface area contributed by atoms with Crippen molar-refractivity contribution in [1.82, 2.24) is 0 Å². The molecule has 0 saturated carbocycles. The minimum atomic E-state index is -0.192. The van der Waals surface area contributed by atoms with Crippen LogP contribution >= 0.6 is 15.9 Å². The van der Waals surface area contributed by atoms with Crippen LogP contribution in [0.1, 0.15) is 34.3 Å². The molecule has 2 aromatic carbocycles. The van der Waals surface area contributed by atoms with Crippen molar-refractivity contribution in [3.05, 3.63) is 51.5 Å². The Labute approximate surface area is 160 Å². The molecule has 0 fully saturated rings. The van der Waals surface area contributed by atoms with Gasteiger partial charge in [0.25, 0.3) is 5.91 Å². The van der Waals surface area contributed by atoms with Gasteiger partial charge in [0.2, 0.25) is 5.91 Å². The van der Waals surface area contributed by atoms with Crippen LogP contribution in [-0.4, -0.2) is 25.5 Å². The molecule has 0 radical (unpaired) electrons. The number of nitrogens with one attached hydrogen (secondary N) is 1. The Bertz CT molecular complexity index is 893. The Balaban J connectivity index is 1.66. The third-order valence-corrected chi connectivity index (χ3v) is 5.64. The average molecular weight is 415 g/mol. The van der Waals surface area contributed by atoms with E-state index < -0.39 is 0 Å². The molecule has 0 bridgehead atoms. The second-order valence-electron chi connectivity index (χ2n) is 6.59. The lowest BCUT2D eigenvalue weighted by Gasteiger charge is -2.35. The number of aryl methyl sites for hydroxylation is 2. The van der Waals surface area contributed by atoms with Crippen molar-refractivity contribution in [2.45, 2.75) is 25.7 Å². The number of halogens is 1. The maximum Gasteiger partial charge on any atom is 0.256 e. The van der Waals surface area contributed by atoms with E-state index in [0.29, 0.717) is 22.2 Å². The van der Waals surface area contributed by atoms with Gasteiger partial charge in [-0.1, -0.05) is 0 Å². The Morgan fingerprint density at radius 2 is 1.92 bits per heavy atom. The molecule has 0 aliphatic carbocycles. The van der Waals surface area contributed by atoms with Crippen molar-refractivity contribution in [2.24, 2.45) is 0 Å². The molecule has 5 nitrogen and oxygen atoms in total. The first-order valence-electron chi connectivity index (χ1n) is 8.68. The predicted molar refractivity (Wildman–Crippen MR) is 104 cm³/mol. The number of ether oxygens (including phenoxy) is 1. The van der Waals surface area contributed by atoms with Crippen LogP contribution in [0.2, 0.25) is 0 Å². The van der Waals surface area contributed by atoms with Gasteiger partial charge in [0.15, 0.2) is 0 Å². The molecule has 2 heterocycles. The third kappa shape index (κ3) is 2.98. The molecule has 26 heavy (non-hydrogen) atoms. The topological polar surface area (TPSA) is 58.6 Å². The number of nitrogens with zero attached hydrogens (tertiary/aromatic N) is 1. The zero-order chi connectivity index (χ0) is 18.3. The summed E-state index contributed by atoms with van der Waals surface area (Å²) in [5.74, 6) is 0.645. The van der Waals surface area contributed by atoms with E-state index in [1.54, 1.807) is 25.3 Å². The zero-order valence-electron chi connectivity index (χ0n) is 14.5. The van der Waals surface area contributed by atoms with Gasteiger partial charge in [0, 0.05) is 23.1 Å². The number of benzene rings is 2. The highest BCUT2D eigenvalue weighted by Crippen LogP contribution is 2.38. The minimum absolute atomic E-state index is 0.192. The summed E-state index contributed by atoms with van der Waals surface area (Å²) in [6.45, 7) is 0.793. The van der Waals surface area contributed by atoms with Crippen molar-refractivity contribution in [2.75, 3.05) is 23.9 Å². The first-order valence-corrected chi connectivity index (χ1v) is 9.47. The van der Waals surface area contributed by atoms with Crippen molar-refractivity contribution in [1.29, 1.82) is 0 Å². The monoisotopic (exact) mass is 414 g/mol. The fourth-order valence-corrected chi connectivity index (χ4v) is 4.16. The van der Waals surface area contributed by atoms with Crippen LogP contribution in [0, 0.1) is 0 Å². The SMILES string of the molecule is COc1ccc(Br)c(C(=O)Nc2cc3c4c(c2)CCC(=O)N4CCC3)c1. The zero-order valence-corrected chi connectivity index (χ0v) is 16.1. The Morgan fingerprint density at radius 3 is 2.69 bits per heavy atom. The van der Waals surface area contributed by atoms with E-state index >= 15 is 0 Å². The van der Waals surface area contributed by atoms with Crippen molar-refractivity contribution in [3.8, 4) is 5.75 Å². The molecular formula is C20H19BrN2O3. The van der Waals surface area contributed by atoms with E-state index in [1.807, 2.05) is 17.0 Å². The summed E-state index contributed by atoms with van der Waals surface area (Å²) >= 11 is 3.42. The van der Waals surface area contributed by atoms with E-state index in [9.17, 15) is 9.59 Å². The molecule has 1 N–H and O–H groups in total. The third-order valence-electron chi connectivity index (χ3n) is 4.95. The lowest BCUT2D eigenvalue weighted by atomic mass is 9.91. The number of methoxy groups -OCH3 is 1. The smallest absolute Gasteiger partial charge is 0.256 e. The van der Waals surface area contributed by atoms with Gasteiger partial charge >= 0.3 is 0 Å². The van der Waals surface area contributed by atoms with Gasteiger partial charge in [0.1, 0.15) is 5.75 Å². The number of amides is 2. The second kappa shape index (κ2) is 6.76. The lowest BCUT2D eigenvalue weighted by molar-refractivity contribution is -0.119. The molecule has 0 saturated heterocycles. The summed E-state index contributed by atoms with van der Waals surface area (Å²) in [5.41, 5.74) is 4.64. The van der Waals surface area contributed by atoms with Gasteiger partial charge in [-0.2, -0.15) is 0 Å². The molecule has 0 unspecified atom stereocenters. The first kappa shape index (κ1) is 17.1. The van der Waals surface area contributed by atoms with Crippen LogP contribution in [0.15, 0.2) is 34.8 Å². The number of carbonyl (C=O) groups excluding carboxylic acids is 2. The summed E-state index contributed by atoms with van der Waals surface area (Å²) in [6.07, 6.45) is 3.14. The molecule has 4 rings (SSSR count). The van der Waals surface area contributed by atoms with Crippen LogP contribution in [0.4, 0.5) is 11.4 Å². The Morgan fingerprint density at radius 1 is 1.15 bits per heavy atom. The summed E-state index contributed by atoms with van der Waals surface area (Å²) in [5, 5.41) is 3.00. The van der Waals surface area contributed by atoms with Crippen molar-refractivity contribution >= 4 is 39.1 Å². The van der Waals surface area contributed by atoms with Gasteiger partial charge in [-0.15, -0.1) is 0 Å². The number of carbonyl (C=O) groups is 2. The van der Waals surface area contributed by atoms with E-state index in [-0.39, 0.29) is 11.8 Å². The highest BCUT2D eigenvalue weighted by molar-refractivity contribution is 9.10. The van der Waals surface area contributed by atoms with Gasteiger partial charge in [-0.3, -0.25) is 9.59 Å². The van der Waals surface area contributed by atoms with E-state index in [0.717, 1.165) is 48.3 Å². The highest BCUT2D eigenvalue weighted by atomic mass is 79.9. The summed E-state index contributed by atoms with van der Waals surface area (Å²) in [7, 11) is 1.58. The molecule has 134 valence electrons. The van der Waals surface area contributed by atoms with Crippen LogP contribution < -0.4 is 15.0 Å². The molecule has 6 heteroatoms. The second-order valence-corrected chi connectivity index (χ2v) is 7.45. The number of hydrogen-bond acceptors (Lipinski definition) is 3. The number of rotatable bonds is 3. The predicted octanol–water partition coefficient (Wildman–Crippen LogP) is 3.94. The van der Waals surface area contributed by atoms with E-state index in [2.05, 4.69) is 21.2 Å². The maximum atomic E-state index is 12.7. The molecule has 2 aliphatic rings. The standard InChI is InChI=1S/C20H19BrN2O3/c1-26-15-5-6-17(21)16(11-15)20(25)22-14-9-12-3-2-8-23-18(24)7-4-13(10-14)19(12)23/h5-6,9-11H,2-4,7-8H2,1H3,(H,22,25). The quantitative estimate of drug-likeness (QED) is 0.827. The lowest BCUT2D eigenvalue weighted by Crippen LogP contribution is -2.39. The van der Waals surface area contributed by atoms with Crippen LogP contribution in [-0.2, 0) is 17.6 Å². The Hall–Kier alpha value is -2.34. The summed E-state index contributed by atoms with van der Waals surface area (Å²) in [6, 6.07) is 9.30. The minimum Gasteiger partial charge on any atom is -0.497 e. The summed E-state index contributed by atoms with van der Waals surface area (Å²) < 4.78 is 5.93.